The molecule has 1 aliphatic rings. The van der Waals surface area contributed by atoms with E-state index in [0.29, 0.717) is 19.6 Å². The molecule has 0 spiro atoms. The monoisotopic (exact) mass is 389 g/mol. The van der Waals surface area contributed by atoms with Gasteiger partial charge < -0.3 is 9.80 Å². The van der Waals surface area contributed by atoms with Crippen LogP contribution in [0.5, 0.6) is 0 Å². The molecule has 3 rings (SSSR count). The van der Waals surface area contributed by atoms with Gasteiger partial charge in [0.05, 0.1) is 12.5 Å². The fourth-order valence-corrected chi connectivity index (χ4v) is 3.41. The quantitative estimate of drug-likeness (QED) is 0.798. The van der Waals surface area contributed by atoms with Crippen LogP contribution in [0, 0.1) is 11.7 Å². The number of aromatic nitrogens is 3. The molecule has 150 valence electrons. The van der Waals surface area contributed by atoms with Crippen LogP contribution in [0.4, 0.5) is 4.39 Å². The Bertz CT molecular complexity index is 889. The van der Waals surface area contributed by atoms with Crippen LogP contribution in [-0.4, -0.2) is 55.9 Å². The van der Waals surface area contributed by atoms with E-state index in [2.05, 4.69) is 15.2 Å². The highest BCUT2D eigenvalue weighted by Crippen LogP contribution is 2.21. The van der Waals surface area contributed by atoms with Gasteiger partial charge in [-0.3, -0.25) is 14.6 Å². The van der Waals surface area contributed by atoms with Crippen LogP contribution in [-0.2, 0) is 22.6 Å². The van der Waals surface area contributed by atoms with Gasteiger partial charge in [0.15, 0.2) is 0 Å². The normalized spacial score (nSPS) is 17.9. The zero-order valence-corrected chi connectivity index (χ0v) is 15.9. The lowest BCUT2D eigenvalue weighted by molar-refractivity contribution is -0.134. The van der Waals surface area contributed by atoms with E-state index in [9.17, 15) is 18.8 Å². The Hall–Kier alpha value is -2.97. The highest BCUT2D eigenvalue weighted by Gasteiger charge is 2.33. The van der Waals surface area contributed by atoms with Gasteiger partial charge in [-0.25, -0.2) is 14.3 Å². The highest BCUT2D eigenvalue weighted by atomic mass is 19.1. The minimum atomic E-state index is -0.459. The van der Waals surface area contributed by atoms with Crippen LogP contribution in [0.1, 0.15) is 31.7 Å². The summed E-state index contributed by atoms with van der Waals surface area (Å²) >= 11 is 0. The van der Waals surface area contributed by atoms with Crippen molar-refractivity contribution >= 4 is 11.8 Å². The van der Waals surface area contributed by atoms with E-state index in [0.717, 1.165) is 5.56 Å². The van der Waals surface area contributed by atoms with Crippen LogP contribution >= 0.6 is 0 Å². The number of carbonyl (C=O) groups is 2. The number of nitrogens with one attached hydrogen (secondary N) is 2. The van der Waals surface area contributed by atoms with Crippen LogP contribution < -0.4 is 5.69 Å². The molecule has 2 N–H and O–H groups in total. The molecule has 1 aromatic carbocycles. The Kier molecular flexibility index (Phi) is 5.91. The first kappa shape index (κ1) is 19.8. The summed E-state index contributed by atoms with van der Waals surface area (Å²) in [6.07, 6.45) is 0.183. The molecule has 0 aliphatic carbocycles. The number of rotatable bonds is 5. The smallest absolute Gasteiger partial charge is 0.340 e. The maximum Gasteiger partial charge on any atom is 0.340 e. The van der Waals surface area contributed by atoms with Crippen molar-refractivity contribution in [2.24, 2.45) is 5.92 Å². The molecule has 1 aromatic heterocycles. The van der Waals surface area contributed by atoms with Gasteiger partial charge in [-0.1, -0.05) is 26.0 Å². The third-order valence-electron chi connectivity index (χ3n) is 4.98. The van der Waals surface area contributed by atoms with Crippen molar-refractivity contribution in [2.75, 3.05) is 13.1 Å². The summed E-state index contributed by atoms with van der Waals surface area (Å²) in [5.74, 6) is -0.145. The summed E-state index contributed by atoms with van der Waals surface area (Å²) in [7, 11) is 0. The van der Waals surface area contributed by atoms with Crippen molar-refractivity contribution in [3.8, 4) is 0 Å². The molecule has 0 saturated carbocycles. The topological polar surface area (TPSA) is 102 Å². The van der Waals surface area contributed by atoms with Crippen LogP contribution in [0.2, 0.25) is 0 Å². The third-order valence-corrected chi connectivity index (χ3v) is 4.98. The summed E-state index contributed by atoms with van der Waals surface area (Å²) in [4.78, 5) is 42.5. The Morgan fingerprint density at radius 1 is 1.29 bits per heavy atom. The molecule has 9 heteroatoms. The average molecular weight is 389 g/mol. The molecule has 1 atom stereocenters. The van der Waals surface area contributed by atoms with Gasteiger partial charge in [0.25, 0.3) is 0 Å². The fraction of sp³-hybridized carbons (Fsp3) is 0.474. The molecular formula is C19H24FN5O3. The van der Waals surface area contributed by atoms with E-state index in [-0.39, 0.29) is 48.3 Å². The second-order valence-corrected chi connectivity index (χ2v) is 7.35. The molecule has 8 nitrogen and oxygen atoms in total. The number of nitrogens with zero attached hydrogens (tertiary/aromatic N) is 3. The zero-order chi connectivity index (χ0) is 20.3. The molecule has 1 unspecified atom stereocenters. The fourth-order valence-electron chi connectivity index (χ4n) is 3.41. The third kappa shape index (κ3) is 4.65. The van der Waals surface area contributed by atoms with Gasteiger partial charge in [-0.15, -0.1) is 0 Å². The Morgan fingerprint density at radius 3 is 2.61 bits per heavy atom. The maximum atomic E-state index is 13.2. The number of aromatic amines is 2. The van der Waals surface area contributed by atoms with Crippen LogP contribution in [0.15, 0.2) is 29.1 Å². The van der Waals surface area contributed by atoms with Gasteiger partial charge >= 0.3 is 5.69 Å². The van der Waals surface area contributed by atoms with E-state index in [1.54, 1.807) is 21.9 Å². The zero-order valence-electron chi connectivity index (χ0n) is 15.9. The second kappa shape index (κ2) is 8.37. The molecule has 2 aromatic rings. The number of halogens is 1. The Morgan fingerprint density at radius 2 is 2.00 bits per heavy atom. The SMILES string of the molecule is CC(C)C1CN(C(=O)Cc2n[nH]c(=O)[nH]2)CCC(=O)N1Cc1ccc(F)cc1. The van der Waals surface area contributed by atoms with E-state index in [1.165, 1.54) is 12.1 Å². The predicted molar refractivity (Wildman–Crippen MR) is 99.7 cm³/mol. The molecule has 0 bridgehead atoms. The molecule has 1 aliphatic heterocycles. The molecule has 28 heavy (non-hydrogen) atoms. The average Bonchev–Trinajstić information content (AvgIpc) is 2.97. The van der Waals surface area contributed by atoms with Crippen LogP contribution in [0.25, 0.3) is 0 Å². The standard InChI is InChI=1S/C19H24FN5O3/c1-12(2)15-11-24(18(27)9-16-21-19(28)23-22-16)8-7-17(26)25(15)10-13-3-5-14(20)6-4-13/h3-6,12,15H,7-11H2,1-2H3,(H2,21,22,23,28). The molecule has 1 fully saturated rings. The maximum absolute atomic E-state index is 13.2. The first-order chi connectivity index (χ1) is 13.3. The molecule has 1 saturated heterocycles. The van der Waals surface area contributed by atoms with Crippen LogP contribution in [0.3, 0.4) is 0 Å². The van der Waals surface area contributed by atoms with Crippen molar-refractivity contribution < 1.29 is 14.0 Å². The minimum absolute atomic E-state index is 0.0320. The molecular weight excluding hydrogens is 365 g/mol. The van der Waals surface area contributed by atoms with E-state index >= 15 is 0 Å². The molecule has 0 radical (unpaired) electrons. The Labute approximate surface area is 161 Å². The van der Waals surface area contributed by atoms with Crippen molar-refractivity contribution in [3.05, 3.63) is 52.0 Å². The van der Waals surface area contributed by atoms with Gasteiger partial charge in [-0.05, 0) is 23.6 Å². The molecule has 2 amide bonds. The van der Waals surface area contributed by atoms with Crippen molar-refractivity contribution in [1.82, 2.24) is 25.0 Å². The van der Waals surface area contributed by atoms with Crippen molar-refractivity contribution in [3.63, 3.8) is 0 Å². The lowest BCUT2D eigenvalue weighted by Gasteiger charge is -2.34. The van der Waals surface area contributed by atoms with E-state index in [1.807, 2.05) is 13.8 Å². The Balaban J connectivity index is 1.76. The summed E-state index contributed by atoms with van der Waals surface area (Å²) in [6, 6.07) is 5.93. The summed E-state index contributed by atoms with van der Waals surface area (Å²) < 4.78 is 13.2. The first-order valence-electron chi connectivity index (χ1n) is 9.28. The lowest BCUT2D eigenvalue weighted by atomic mass is 10.0. The van der Waals surface area contributed by atoms with Gasteiger partial charge in [0, 0.05) is 26.1 Å². The number of H-pyrrole nitrogens is 2. The van der Waals surface area contributed by atoms with Gasteiger partial charge in [0.2, 0.25) is 11.8 Å². The summed E-state index contributed by atoms with van der Waals surface area (Å²) in [5.41, 5.74) is 0.383. The number of hydrogen-bond acceptors (Lipinski definition) is 4. The van der Waals surface area contributed by atoms with E-state index < -0.39 is 5.69 Å². The number of carbonyl (C=O) groups excluding carboxylic acids is 2. The minimum Gasteiger partial charge on any atom is -0.340 e. The van der Waals surface area contributed by atoms with Gasteiger partial charge in [-0.2, -0.15) is 5.10 Å². The predicted octanol–water partition coefficient (Wildman–Crippen LogP) is 1.07. The number of benzene rings is 1. The number of amides is 2. The van der Waals surface area contributed by atoms with Gasteiger partial charge in [0.1, 0.15) is 11.6 Å². The lowest BCUT2D eigenvalue weighted by Crippen LogP contribution is -2.47. The highest BCUT2D eigenvalue weighted by molar-refractivity contribution is 5.81. The van der Waals surface area contributed by atoms with Crippen molar-refractivity contribution in [1.29, 1.82) is 0 Å². The second-order valence-electron chi connectivity index (χ2n) is 7.35. The number of hydrogen-bond donors (Lipinski definition) is 2. The van der Waals surface area contributed by atoms with E-state index in [4.69, 9.17) is 0 Å². The largest absolute Gasteiger partial charge is 0.340 e. The first-order valence-corrected chi connectivity index (χ1v) is 9.28. The summed E-state index contributed by atoms with van der Waals surface area (Å²) in [5, 5.41) is 6.01. The molecule has 2 heterocycles. The summed E-state index contributed by atoms with van der Waals surface area (Å²) in [6.45, 7) is 5.10. The van der Waals surface area contributed by atoms with Crippen molar-refractivity contribution in [2.45, 2.75) is 39.3 Å².